The van der Waals surface area contributed by atoms with E-state index in [1.54, 1.807) is 0 Å². The Morgan fingerprint density at radius 3 is 2.50 bits per heavy atom. The van der Waals surface area contributed by atoms with Gasteiger partial charge in [0, 0.05) is 19.5 Å². The Hall–Kier alpha value is -2.04. The minimum absolute atomic E-state index is 0.132. The van der Waals surface area contributed by atoms with Crippen molar-refractivity contribution >= 4 is 11.9 Å². The number of unbranched alkanes of at least 4 members (excludes halogenated alkanes) is 2. The number of hydrogen-bond acceptors (Lipinski definition) is 3. The summed E-state index contributed by atoms with van der Waals surface area (Å²) in [5.41, 5.74) is 2.62. The number of nitrogens with zero attached hydrogens (tertiary/aromatic N) is 1. The molecule has 1 rings (SSSR count). The third-order valence-electron chi connectivity index (χ3n) is 3.83. The quantitative estimate of drug-likeness (QED) is 0.299. The number of methoxy groups -OCH3 is 1. The zero-order valence-corrected chi connectivity index (χ0v) is 15.2. The zero-order chi connectivity index (χ0) is 17.6. The van der Waals surface area contributed by atoms with E-state index in [0.29, 0.717) is 13.0 Å². The van der Waals surface area contributed by atoms with Crippen molar-refractivity contribution < 1.29 is 9.53 Å². The van der Waals surface area contributed by atoms with Gasteiger partial charge in [-0.05, 0) is 37.3 Å². The largest absolute Gasteiger partial charge is 0.469 e. The van der Waals surface area contributed by atoms with Gasteiger partial charge in [-0.1, -0.05) is 37.6 Å². The van der Waals surface area contributed by atoms with Gasteiger partial charge in [0.15, 0.2) is 5.96 Å². The number of hydrogen-bond donors (Lipinski definition) is 2. The average Bonchev–Trinajstić information content (AvgIpc) is 2.62. The van der Waals surface area contributed by atoms with Gasteiger partial charge >= 0.3 is 5.97 Å². The van der Waals surface area contributed by atoms with Gasteiger partial charge in [0.1, 0.15) is 0 Å². The monoisotopic (exact) mass is 333 g/mol. The van der Waals surface area contributed by atoms with Crippen LogP contribution in [0.5, 0.6) is 0 Å². The second-order valence-corrected chi connectivity index (χ2v) is 5.63. The zero-order valence-electron chi connectivity index (χ0n) is 15.2. The van der Waals surface area contributed by atoms with Gasteiger partial charge < -0.3 is 15.4 Å². The number of benzene rings is 1. The van der Waals surface area contributed by atoms with Crippen LogP contribution in [0.4, 0.5) is 0 Å². The summed E-state index contributed by atoms with van der Waals surface area (Å²) < 4.78 is 4.64. The number of guanidine groups is 1. The van der Waals surface area contributed by atoms with Crippen molar-refractivity contribution in [2.45, 2.75) is 52.5 Å². The average molecular weight is 333 g/mol. The van der Waals surface area contributed by atoms with Gasteiger partial charge in [0.05, 0.1) is 13.7 Å². The molecule has 5 heteroatoms. The predicted molar refractivity (Wildman–Crippen MR) is 99.1 cm³/mol. The molecule has 5 nitrogen and oxygen atoms in total. The maximum Gasteiger partial charge on any atom is 0.305 e. The number of esters is 1. The topological polar surface area (TPSA) is 62.7 Å². The fraction of sp³-hybridized carbons (Fsp3) is 0.579. The summed E-state index contributed by atoms with van der Waals surface area (Å²) in [4.78, 5) is 15.7. The predicted octanol–water partition coefficient (Wildman–Crippen LogP) is 3.04. The van der Waals surface area contributed by atoms with Crippen molar-refractivity contribution in [3.63, 3.8) is 0 Å². The van der Waals surface area contributed by atoms with E-state index in [-0.39, 0.29) is 5.97 Å². The molecule has 0 spiro atoms. The van der Waals surface area contributed by atoms with Gasteiger partial charge in [0.2, 0.25) is 0 Å². The molecular weight excluding hydrogens is 302 g/mol. The molecule has 1 aromatic carbocycles. The highest BCUT2D eigenvalue weighted by Gasteiger charge is 2.02. The molecule has 0 aromatic heterocycles. The van der Waals surface area contributed by atoms with Crippen molar-refractivity contribution in [2.75, 3.05) is 20.2 Å². The molecule has 0 aliphatic rings. The first-order valence-corrected chi connectivity index (χ1v) is 8.87. The number of aryl methyl sites for hydroxylation is 1. The summed E-state index contributed by atoms with van der Waals surface area (Å²) in [7, 11) is 1.43. The molecular formula is C19H31N3O2. The van der Waals surface area contributed by atoms with E-state index in [2.05, 4.69) is 58.5 Å². The van der Waals surface area contributed by atoms with Crippen molar-refractivity contribution in [2.24, 2.45) is 4.99 Å². The minimum Gasteiger partial charge on any atom is -0.469 e. The maximum atomic E-state index is 11.0. The summed E-state index contributed by atoms with van der Waals surface area (Å²) >= 11 is 0. The molecule has 0 heterocycles. The first-order valence-electron chi connectivity index (χ1n) is 8.87. The number of carbonyl (C=O) groups excluding carboxylic acids is 1. The summed E-state index contributed by atoms with van der Waals surface area (Å²) in [5.74, 6) is 0.712. The molecule has 0 atom stereocenters. The summed E-state index contributed by atoms with van der Waals surface area (Å²) in [6.07, 6.45) is 4.40. The molecule has 0 aliphatic carbocycles. The lowest BCUT2D eigenvalue weighted by atomic mass is 10.1. The lowest BCUT2D eigenvalue weighted by Crippen LogP contribution is -2.37. The Kier molecular flexibility index (Phi) is 10.3. The van der Waals surface area contributed by atoms with Gasteiger partial charge in [-0.25, -0.2) is 4.99 Å². The number of ether oxygens (including phenoxy) is 1. The van der Waals surface area contributed by atoms with Crippen LogP contribution >= 0.6 is 0 Å². The number of aliphatic imine (C=N–C) groups is 1. The molecule has 24 heavy (non-hydrogen) atoms. The highest BCUT2D eigenvalue weighted by atomic mass is 16.5. The van der Waals surface area contributed by atoms with Gasteiger partial charge in [-0.15, -0.1) is 0 Å². The molecule has 0 unspecified atom stereocenters. The van der Waals surface area contributed by atoms with E-state index in [0.717, 1.165) is 44.7 Å². The summed E-state index contributed by atoms with van der Waals surface area (Å²) in [6.45, 7) is 6.60. The van der Waals surface area contributed by atoms with Crippen molar-refractivity contribution in [1.29, 1.82) is 0 Å². The normalized spacial score (nSPS) is 11.2. The van der Waals surface area contributed by atoms with Gasteiger partial charge in [-0.2, -0.15) is 0 Å². The molecule has 2 N–H and O–H groups in total. The van der Waals surface area contributed by atoms with Crippen molar-refractivity contribution in [1.82, 2.24) is 10.6 Å². The molecule has 1 aromatic rings. The first kappa shape index (κ1) is 20.0. The summed E-state index contributed by atoms with van der Waals surface area (Å²) in [6, 6.07) is 8.43. The fourth-order valence-electron chi connectivity index (χ4n) is 2.44. The van der Waals surface area contributed by atoms with Crippen LogP contribution in [0, 0.1) is 0 Å². The SMILES string of the molecule is CCNC(=NCc1ccccc1CC)NCCCCCC(=O)OC. The number of rotatable bonds is 10. The van der Waals surface area contributed by atoms with Gasteiger partial charge in [0.25, 0.3) is 0 Å². The molecule has 0 amide bonds. The van der Waals surface area contributed by atoms with Crippen LogP contribution in [0.25, 0.3) is 0 Å². The standard InChI is InChI=1S/C19H31N3O2/c1-4-16-11-8-9-12-17(16)15-22-19(20-5-2)21-14-10-6-7-13-18(23)24-3/h8-9,11-12H,4-7,10,13-15H2,1-3H3,(H2,20,21,22). The Morgan fingerprint density at radius 1 is 1.08 bits per heavy atom. The van der Waals surface area contributed by atoms with Crippen LogP contribution < -0.4 is 10.6 Å². The highest BCUT2D eigenvalue weighted by molar-refractivity contribution is 5.79. The van der Waals surface area contributed by atoms with Crippen molar-refractivity contribution in [3.05, 3.63) is 35.4 Å². The number of nitrogens with one attached hydrogen (secondary N) is 2. The second kappa shape index (κ2) is 12.4. The van der Waals surface area contributed by atoms with Crippen LogP contribution in [0.2, 0.25) is 0 Å². The number of carbonyl (C=O) groups is 1. The Morgan fingerprint density at radius 2 is 1.83 bits per heavy atom. The molecule has 134 valence electrons. The Balaban J connectivity index is 2.38. The maximum absolute atomic E-state index is 11.0. The van der Waals surface area contributed by atoms with Crippen molar-refractivity contribution in [3.8, 4) is 0 Å². The van der Waals surface area contributed by atoms with Crippen LogP contribution in [-0.2, 0) is 22.5 Å². The smallest absolute Gasteiger partial charge is 0.305 e. The molecule has 0 fully saturated rings. The first-order chi connectivity index (χ1) is 11.7. The van der Waals surface area contributed by atoms with E-state index in [1.807, 2.05) is 0 Å². The van der Waals surface area contributed by atoms with E-state index in [4.69, 9.17) is 0 Å². The van der Waals surface area contributed by atoms with Gasteiger partial charge in [-0.3, -0.25) is 4.79 Å². The van der Waals surface area contributed by atoms with E-state index in [1.165, 1.54) is 18.2 Å². The highest BCUT2D eigenvalue weighted by Crippen LogP contribution is 2.10. The third-order valence-corrected chi connectivity index (χ3v) is 3.83. The van der Waals surface area contributed by atoms with Crippen LogP contribution in [-0.4, -0.2) is 32.1 Å². The molecule has 0 bridgehead atoms. The molecule has 0 radical (unpaired) electrons. The van der Waals surface area contributed by atoms with E-state index in [9.17, 15) is 4.79 Å². The van der Waals surface area contributed by atoms with Crippen LogP contribution in [0.3, 0.4) is 0 Å². The lowest BCUT2D eigenvalue weighted by Gasteiger charge is -2.12. The third kappa shape index (κ3) is 7.99. The van der Waals surface area contributed by atoms with Crippen LogP contribution in [0.1, 0.15) is 50.7 Å². The lowest BCUT2D eigenvalue weighted by molar-refractivity contribution is -0.140. The van der Waals surface area contributed by atoms with E-state index < -0.39 is 0 Å². The van der Waals surface area contributed by atoms with E-state index >= 15 is 0 Å². The van der Waals surface area contributed by atoms with Crippen LogP contribution in [0.15, 0.2) is 29.3 Å². The second-order valence-electron chi connectivity index (χ2n) is 5.63. The molecule has 0 saturated carbocycles. The molecule has 0 saturated heterocycles. The Bertz CT molecular complexity index is 515. The summed E-state index contributed by atoms with van der Waals surface area (Å²) in [5, 5.41) is 6.63. The fourth-order valence-corrected chi connectivity index (χ4v) is 2.44. The molecule has 0 aliphatic heterocycles. The Labute approximate surface area is 145 Å². The minimum atomic E-state index is -0.132.